The van der Waals surface area contributed by atoms with Gasteiger partial charge in [0, 0.05) is 35.7 Å². The van der Waals surface area contributed by atoms with Gasteiger partial charge in [-0.1, -0.05) is 84.2 Å². The van der Waals surface area contributed by atoms with Gasteiger partial charge in [0.1, 0.15) is 12.0 Å². The Morgan fingerprint density at radius 2 is 1.60 bits per heavy atom. The fraction of sp³-hybridized carbons (Fsp3) is 0.394. The molecule has 1 N–H and O–H groups in total. The third kappa shape index (κ3) is 6.71. The number of nitrogens with one attached hydrogen (secondary N) is 1. The predicted molar refractivity (Wildman–Crippen MR) is 163 cm³/mol. The summed E-state index contributed by atoms with van der Waals surface area (Å²) in [5.41, 5.74) is 2.81. The standard InChI is InChI=1S/C33H34Cl2F3N3O2/c1-22-20-41(30(42)18-23-12-13-24(34)19-29(23)35)17-16-40(22)15-7-6-14-32(31(43)39-21-33(36,37)38)27-10-4-2-8-25(27)26-9-3-5-11-28(26)32/h2-5,8-13,19,22H,6-7,14-18,20-21H2,1H3,(H,39,43)/t22-/m1/s1. The normalized spacial score (nSPS) is 17.8. The Balaban J connectivity index is 1.23. The Hall–Kier alpha value is -3.07. The first-order chi connectivity index (χ1) is 20.5. The molecule has 5 nitrogen and oxygen atoms in total. The van der Waals surface area contributed by atoms with Gasteiger partial charge in [-0.3, -0.25) is 14.5 Å². The van der Waals surface area contributed by atoms with Gasteiger partial charge >= 0.3 is 6.18 Å². The number of fused-ring (bicyclic) bond motifs is 3. The summed E-state index contributed by atoms with van der Waals surface area (Å²) in [7, 11) is 0. The topological polar surface area (TPSA) is 52.7 Å². The van der Waals surface area contributed by atoms with E-state index in [0.717, 1.165) is 40.8 Å². The fourth-order valence-electron chi connectivity index (χ4n) is 6.48. The third-order valence-corrected chi connectivity index (χ3v) is 9.21. The molecule has 228 valence electrons. The second kappa shape index (κ2) is 12.9. The van der Waals surface area contributed by atoms with Crippen molar-refractivity contribution in [3.05, 3.63) is 93.5 Å². The molecule has 0 unspecified atom stereocenters. The van der Waals surface area contributed by atoms with Crippen LogP contribution in [0.5, 0.6) is 0 Å². The van der Waals surface area contributed by atoms with Gasteiger partial charge < -0.3 is 10.2 Å². The molecule has 0 saturated carbocycles. The number of piperazine rings is 1. The summed E-state index contributed by atoms with van der Waals surface area (Å²) in [6, 6.07) is 20.3. The molecule has 3 aromatic carbocycles. The quantitative estimate of drug-likeness (QED) is 0.262. The molecule has 10 heteroatoms. The summed E-state index contributed by atoms with van der Waals surface area (Å²) in [5, 5.41) is 3.20. The van der Waals surface area contributed by atoms with E-state index < -0.39 is 24.0 Å². The highest BCUT2D eigenvalue weighted by Gasteiger charge is 2.49. The molecule has 3 aromatic rings. The van der Waals surface area contributed by atoms with E-state index in [9.17, 15) is 22.8 Å². The molecule has 2 amide bonds. The first-order valence-electron chi connectivity index (χ1n) is 14.5. The molecule has 0 bridgehead atoms. The summed E-state index contributed by atoms with van der Waals surface area (Å²) in [5.74, 6) is -0.607. The molecule has 1 atom stereocenters. The molecule has 0 aromatic heterocycles. The van der Waals surface area contributed by atoms with Gasteiger partial charge in [-0.25, -0.2) is 0 Å². The first kappa shape index (κ1) is 31.4. The predicted octanol–water partition coefficient (Wildman–Crippen LogP) is 6.88. The number of benzene rings is 3. The van der Waals surface area contributed by atoms with Crippen molar-refractivity contribution in [1.82, 2.24) is 15.1 Å². The number of carbonyl (C=O) groups is 2. The molecule has 0 radical (unpaired) electrons. The second-order valence-electron chi connectivity index (χ2n) is 11.4. The number of nitrogens with zero attached hydrogens (tertiary/aromatic N) is 2. The number of hydrogen-bond acceptors (Lipinski definition) is 3. The zero-order valence-electron chi connectivity index (χ0n) is 23.9. The van der Waals surface area contributed by atoms with Gasteiger partial charge in [-0.15, -0.1) is 0 Å². The molecule has 1 aliphatic carbocycles. The van der Waals surface area contributed by atoms with Crippen molar-refractivity contribution in [1.29, 1.82) is 0 Å². The minimum atomic E-state index is -4.50. The van der Waals surface area contributed by atoms with E-state index in [0.29, 0.717) is 42.5 Å². The van der Waals surface area contributed by atoms with Crippen LogP contribution in [-0.4, -0.2) is 66.6 Å². The van der Waals surface area contributed by atoms with E-state index in [-0.39, 0.29) is 18.4 Å². The average molecular weight is 633 g/mol. The van der Waals surface area contributed by atoms with Crippen LogP contribution < -0.4 is 5.32 Å². The maximum atomic E-state index is 13.7. The third-order valence-electron chi connectivity index (χ3n) is 8.62. The van der Waals surface area contributed by atoms with Crippen molar-refractivity contribution in [2.24, 2.45) is 0 Å². The van der Waals surface area contributed by atoms with Gasteiger partial charge in [0.2, 0.25) is 11.8 Å². The molecular formula is C33H34Cl2F3N3O2. The molecule has 43 heavy (non-hydrogen) atoms. The Kier molecular flexibility index (Phi) is 9.40. The first-order valence-corrected chi connectivity index (χ1v) is 15.3. The van der Waals surface area contributed by atoms with Gasteiger partial charge in [0.15, 0.2) is 0 Å². The summed E-state index contributed by atoms with van der Waals surface area (Å²) in [6.45, 7) is 3.38. The van der Waals surface area contributed by atoms with Crippen molar-refractivity contribution in [3.8, 4) is 11.1 Å². The molecule has 1 fully saturated rings. The van der Waals surface area contributed by atoms with Gasteiger partial charge in [-0.2, -0.15) is 13.2 Å². The lowest BCUT2D eigenvalue weighted by Crippen LogP contribution is -2.54. The minimum Gasteiger partial charge on any atom is -0.346 e. The van der Waals surface area contributed by atoms with Gasteiger partial charge in [-0.05, 0) is 66.3 Å². The highest BCUT2D eigenvalue weighted by Crippen LogP contribution is 2.51. The smallest absolute Gasteiger partial charge is 0.346 e. The summed E-state index contributed by atoms with van der Waals surface area (Å²) < 4.78 is 39.4. The maximum absolute atomic E-state index is 13.7. The van der Waals surface area contributed by atoms with E-state index in [1.165, 1.54) is 0 Å². The average Bonchev–Trinajstić information content (AvgIpc) is 3.26. The van der Waals surface area contributed by atoms with E-state index in [2.05, 4.69) is 17.1 Å². The highest BCUT2D eigenvalue weighted by atomic mass is 35.5. The molecule has 0 spiro atoms. The number of carbonyl (C=O) groups excluding carboxylic acids is 2. The molecule has 5 rings (SSSR count). The van der Waals surface area contributed by atoms with Crippen molar-refractivity contribution in [2.45, 2.75) is 50.2 Å². The number of unbranched alkanes of at least 4 members (excludes halogenated alkanes) is 1. The van der Waals surface area contributed by atoms with Crippen molar-refractivity contribution in [3.63, 3.8) is 0 Å². The number of alkyl halides is 3. The lowest BCUT2D eigenvalue weighted by atomic mass is 9.73. The lowest BCUT2D eigenvalue weighted by molar-refractivity contribution is -0.141. The van der Waals surface area contributed by atoms with Gasteiger partial charge in [0.05, 0.1) is 6.42 Å². The lowest BCUT2D eigenvalue weighted by Gasteiger charge is -2.40. The van der Waals surface area contributed by atoms with E-state index in [1.54, 1.807) is 18.2 Å². The van der Waals surface area contributed by atoms with E-state index >= 15 is 0 Å². The van der Waals surface area contributed by atoms with Crippen LogP contribution in [0.4, 0.5) is 13.2 Å². The SMILES string of the molecule is C[C@@H]1CN(C(=O)Cc2ccc(Cl)cc2Cl)CCN1CCCCC1(C(=O)NCC(F)(F)F)c2ccccc2-c2ccccc21. The Morgan fingerprint density at radius 3 is 2.21 bits per heavy atom. The van der Waals surface area contributed by atoms with Crippen molar-refractivity contribution >= 4 is 35.0 Å². The fourth-order valence-corrected chi connectivity index (χ4v) is 6.96. The van der Waals surface area contributed by atoms with Crippen LogP contribution in [-0.2, 0) is 21.4 Å². The van der Waals surface area contributed by atoms with Crippen LogP contribution in [0.1, 0.15) is 42.9 Å². The molecule has 1 heterocycles. The van der Waals surface area contributed by atoms with Crippen molar-refractivity contribution < 1.29 is 22.8 Å². The highest BCUT2D eigenvalue weighted by molar-refractivity contribution is 6.35. The Labute approximate surface area is 260 Å². The minimum absolute atomic E-state index is 0.0149. The number of rotatable bonds is 9. The van der Waals surface area contributed by atoms with Crippen LogP contribution >= 0.6 is 23.2 Å². The van der Waals surface area contributed by atoms with Crippen LogP contribution in [0.3, 0.4) is 0 Å². The van der Waals surface area contributed by atoms with E-state index in [1.807, 2.05) is 53.4 Å². The monoisotopic (exact) mass is 631 g/mol. The molecular weight excluding hydrogens is 598 g/mol. The zero-order chi connectivity index (χ0) is 30.8. The van der Waals surface area contributed by atoms with Crippen LogP contribution in [0, 0.1) is 0 Å². The largest absolute Gasteiger partial charge is 0.405 e. The Morgan fingerprint density at radius 1 is 0.953 bits per heavy atom. The Bertz CT molecular complexity index is 1450. The van der Waals surface area contributed by atoms with E-state index in [4.69, 9.17) is 23.2 Å². The summed E-state index contributed by atoms with van der Waals surface area (Å²) in [6.07, 6.45) is -2.50. The summed E-state index contributed by atoms with van der Waals surface area (Å²) in [4.78, 5) is 30.9. The maximum Gasteiger partial charge on any atom is 0.405 e. The number of amides is 2. The van der Waals surface area contributed by atoms with Crippen LogP contribution in [0.2, 0.25) is 10.0 Å². The van der Waals surface area contributed by atoms with Crippen LogP contribution in [0.25, 0.3) is 11.1 Å². The van der Waals surface area contributed by atoms with Gasteiger partial charge in [0.25, 0.3) is 0 Å². The zero-order valence-corrected chi connectivity index (χ0v) is 25.4. The molecule has 2 aliphatic rings. The second-order valence-corrected chi connectivity index (χ2v) is 12.2. The molecule has 1 aliphatic heterocycles. The van der Waals surface area contributed by atoms with Crippen molar-refractivity contribution in [2.75, 3.05) is 32.7 Å². The summed E-state index contributed by atoms with van der Waals surface area (Å²) >= 11 is 12.2. The molecule has 1 saturated heterocycles. The number of hydrogen-bond donors (Lipinski definition) is 1. The number of halogens is 5. The van der Waals surface area contributed by atoms with Crippen LogP contribution in [0.15, 0.2) is 66.7 Å².